The van der Waals surface area contributed by atoms with Crippen LogP contribution in [0.2, 0.25) is 5.02 Å². The maximum Gasteiger partial charge on any atom is 0.262 e. The molecule has 1 aliphatic heterocycles. The molecule has 0 aromatic heterocycles. The second kappa shape index (κ2) is 6.66. The summed E-state index contributed by atoms with van der Waals surface area (Å²) in [7, 11) is -3.81. The molecule has 2 aromatic rings. The van der Waals surface area contributed by atoms with E-state index in [1.54, 1.807) is 42.1 Å². The molecule has 2 N–H and O–H groups in total. The summed E-state index contributed by atoms with van der Waals surface area (Å²) in [5, 5.41) is 3.21. The van der Waals surface area contributed by atoms with E-state index in [1.807, 2.05) is 6.92 Å². The predicted octanol–water partition coefficient (Wildman–Crippen LogP) is 3.96. The number of nitrogens with one attached hydrogen (secondary N) is 2. The summed E-state index contributed by atoms with van der Waals surface area (Å²) < 4.78 is 27.6. The lowest BCUT2D eigenvalue weighted by molar-refractivity contribution is -0.116. The zero-order valence-electron chi connectivity index (χ0n) is 12.7. The lowest BCUT2D eigenvalue weighted by Gasteiger charge is -2.12. The molecule has 1 aliphatic rings. The number of para-hydroxylation sites is 1. The molecule has 0 aliphatic carbocycles. The van der Waals surface area contributed by atoms with Gasteiger partial charge in [0.05, 0.1) is 21.3 Å². The number of sulfonamides is 1. The normalized spacial score (nSPS) is 17.6. The van der Waals surface area contributed by atoms with Crippen molar-refractivity contribution in [1.29, 1.82) is 0 Å². The minimum absolute atomic E-state index is 0.0663. The summed E-state index contributed by atoms with van der Waals surface area (Å²) in [6.45, 7) is 1.96. The van der Waals surface area contributed by atoms with Gasteiger partial charge in [-0.15, -0.1) is 11.8 Å². The van der Waals surface area contributed by atoms with Gasteiger partial charge in [0.25, 0.3) is 10.0 Å². The van der Waals surface area contributed by atoms with Crippen LogP contribution < -0.4 is 10.0 Å². The lowest BCUT2D eigenvalue weighted by atomic mass is 10.3. The molecule has 24 heavy (non-hydrogen) atoms. The van der Waals surface area contributed by atoms with Crippen LogP contribution in [-0.2, 0) is 14.8 Å². The monoisotopic (exact) mass is 382 g/mol. The molecule has 1 heterocycles. The zero-order valence-corrected chi connectivity index (χ0v) is 15.1. The maximum atomic E-state index is 12.6. The first-order chi connectivity index (χ1) is 11.3. The van der Waals surface area contributed by atoms with E-state index in [1.165, 1.54) is 12.1 Å². The predicted molar refractivity (Wildman–Crippen MR) is 97.3 cm³/mol. The molecule has 0 saturated heterocycles. The smallest absolute Gasteiger partial charge is 0.262 e. The first-order valence-electron chi connectivity index (χ1n) is 7.23. The molecule has 1 atom stereocenters. The Bertz CT molecular complexity index is 900. The van der Waals surface area contributed by atoms with Crippen LogP contribution >= 0.6 is 23.4 Å². The molecule has 0 fully saturated rings. The Balaban J connectivity index is 1.95. The van der Waals surface area contributed by atoms with E-state index in [4.69, 9.17) is 11.6 Å². The van der Waals surface area contributed by atoms with Crippen molar-refractivity contribution in [2.24, 2.45) is 0 Å². The number of anilines is 2. The second-order valence-electron chi connectivity index (χ2n) is 5.42. The van der Waals surface area contributed by atoms with Crippen LogP contribution in [0.25, 0.3) is 0 Å². The molecule has 0 saturated carbocycles. The first-order valence-corrected chi connectivity index (χ1v) is 9.97. The molecule has 0 bridgehead atoms. The van der Waals surface area contributed by atoms with Gasteiger partial charge in [0.2, 0.25) is 5.91 Å². The van der Waals surface area contributed by atoms with Crippen LogP contribution in [0.3, 0.4) is 0 Å². The number of hydrogen-bond donors (Lipinski definition) is 2. The molecule has 0 spiro atoms. The minimum atomic E-state index is -3.81. The van der Waals surface area contributed by atoms with Crippen molar-refractivity contribution in [3.63, 3.8) is 0 Å². The number of fused-ring (bicyclic) bond motifs is 1. The average molecular weight is 383 g/mol. The van der Waals surface area contributed by atoms with E-state index in [-0.39, 0.29) is 16.1 Å². The van der Waals surface area contributed by atoms with Gasteiger partial charge in [0.15, 0.2) is 0 Å². The topological polar surface area (TPSA) is 75.3 Å². The van der Waals surface area contributed by atoms with Gasteiger partial charge >= 0.3 is 0 Å². The standard InChI is InChI=1S/C16H15ClN2O3S2/c1-10-8-16(20)18-14-9-11(6-7-15(14)23-10)24(21,22)19-13-5-3-2-4-12(13)17/h2-7,9-10,19H,8H2,1H3,(H,18,20). The Morgan fingerprint density at radius 2 is 2.00 bits per heavy atom. The van der Waals surface area contributed by atoms with E-state index in [2.05, 4.69) is 10.0 Å². The van der Waals surface area contributed by atoms with Crippen molar-refractivity contribution < 1.29 is 13.2 Å². The van der Waals surface area contributed by atoms with Crippen LogP contribution in [-0.4, -0.2) is 19.6 Å². The van der Waals surface area contributed by atoms with Gasteiger partial charge in [-0.05, 0) is 30.3 Å². The van der Waals surface area contributed by atoms with Gasteiger partial charge in [-0.3, -0.25) is 9.52 Å². The molecule has 1 unspecified atom stereocenters. The molecule has 1 amide bonds. The fourth-order valence-electron chi connectivity index (χ4n) is 2.35. The third kappa shape index (κ3) is 3.68. The Morgan fingerprint density at radius 3 is 2.75 bits per heavy atom. The van der Waals surface area contributed by atoms with Crippen molar-refractivity contribution in [3.8, 4) is 0 Å². The lowest BCUT2D eigenvalue weighted by Crippen LogP contribution is -2.15. The quantitative estimate of drug-likeness (QED) is 0.842. The summed E-state index contributed by atoms with van der Waals surface area (Å²) >= 11 is 7.55. The van der Waals surface area contributed by atoms with Gasteiger partial charge in [-0.1, -0.05) is 30.7 Å². The van der Waals surface area contributed by atoms with E-state index in [0.717, 1.165) is 4.90 Å². The molecule has 2 aromatic carbocycles. The van der Waals surface area contributed by atoms with E-state index in [0.29, 0.717) is 22.8 Å². The van der Waals surface area contributed by atoms with Crippen LogP contribution in [0.1, 0.15) is 13.3 Å². The second-order valence-corrected chi connectivity index (χ2v) is 8.99. The number of amides is 1. The zero-order chi connectivity index (χ0) is 17.3. The van der Waals surface area contributed by atoms with Crippen molar-refractivity contribution in [2.45, 2.75) is 28.4 Å². The number of thioether (sulfide) groups is 1. The summed E-state index contributed by atoms with van der Waals surface area (Å²) in [5.41, 5.74) is 0.817. The Hall–Kier alpha value is -1.70. The molecule has 126 valence electrons. The average Bonchev–Trinajstić information content (AvgIpc) is 2.65. The Morgan fingerprint density at radius 1 is 1.25 bits per heavy atom. The Kier molecular flexibility index (Phi) is 4.76. The third-order valence-corrected chi connectivity index (χ3v) is 6.33. The minimum Gasteiger partial charge on any atom is -0.325 e. The number of rotatable bonds is 3. The molecule has 8 heteroatoms. The molecular formula is C16H15ClN2O3S2. The number of halogens is 1. The van der Waals surface area contributed by atoms with Crippen LogP contribution in [0, 0.1) is 0 Å². The van der Waals surface area contributed by atoms with E-state index >= 15 is 0 Å². The molecule has 3 rings (SSSR count). The highest BCUT2D eigenvalue weighted by molar-refractivity contribution is 8.00. The first kappa shape index (κ1) is 17.1. The van der Waals surface area contributed by atoms with E-state index < -0.39 is 10.0 Å². The van der Waals surface area contributed by atoms with Crippen molar-refractivity contribution in [1.82, 2.24) is 0 Å². The van der Waals surface area contributed by atoms with Gasteiger partial charge < -0.3 is 5.32 Å². The fourth-order valence-corrected chi connectivity index (χ4v) is 4.74. The van der Waals surface area contributed by atoms with Crippen LogP contribution in [0.15, 0.2) is 52.3 Å². The molecular weight excluding hydrogens is 368 g/mol. The summed E-state index contributed by atoms with van der Waals surface area (Å²) in [6, 6.07) is 11.3. The van der Waals surface area contributed by atoms with Crippen LogP contribution in [0.5, 0.6) is 0 Å². The maximum absolute atomic E-state index is 12.6. The highest BCUT2D eigenvalue weighted by Gasteiger charge is 2.22. The largest absolute Gasteiger partial charge is 0.325 e. The van der Waals surface area contributed by atoms with Gasteiger partial charge in [-0.2, -0.15) is 0 Å². The highest BCUT2D eigenvalue weighted by Crippen LogP contribution is 2.36. The number of carbonyl (C=O) groups excluding carboxylic acids is 1. The summed E-state index contributed by atoms with van der Waals surface area (Å²) in [4.78, 5) is 12.8. The van der Waals surface area contributed by atoms with Gasteiger partial charge in [0.1, 0.15) is 0 Å². The number of benzene rings is 2. The summed E-state index contributed by atoms with van der Waals surface area (Å²) in [5.74, 6) is -0.123. The molecule has 0 radical (unpaired) electrons. The van der Waals surface area contributed by atoms with Gasteiger partial charge in [-0.25, -0.2) is 8.42 Å². The summed E-state index contributed by atoms with van der Waals surface area (Å²) in [6.07, 6.45) is 0.388. The van der Waals surface area contributed by atoms with Gasteiger partial charge in [0, 0.05) is 16.6 Å². The SMILES string of the molecule is CC1CC(=O)Nc2cc(S(=O)(=O)Nc3ccccc3Cl)ccc2S1. The van der Waals surface area contributed by atoms with Crippen molar-refractivity contribution >= 4 is 50.7 Å². The van der Waals surface area contributed by atoms with E-state index in [9.17, 15) is 13.2 Å². The van der Waals surface area contributed by atoms with Crippen molar-refractivity contribution in [3.05, 3.63) is 47.5 Å². The number of hydrogen-bond acceptors (Lipinski definition) is 4. The fraction of sp³-hybridized carbons (Fsp3) is 0.188. The van der Waals surface area contributed by atoms with Crippen LogP contribution in [0.4, 0.5) is 11.4 Å². The van der Waals surface area contributed by atoms with Crippen molar-refractivity contribution in [2.75, 3.05) is 10.0 Å². The molecule has 5 nitrogen and oxygen atoms in total. The highest BCUT2D eigenvalue weighted by atomic mass is 35.5. The third-order valence-electron chi connectivity index (χ3n) is 3.45. The number of carbonyl (C=O) groups is 1. The Labute approximate surface area is 149 Å².